The minimum atomic E-state index is -1.32. The van der Waals surface area contributed by atoms with Crippen molar-refractivity contribution in [2.45, 2.75) is 51.8 Å². The first kappa shape index (κ1) is 20.4. The fourth-order valence-electron chi connectivity index (χ4n) is 1.98. The van der Waals surface area contributed by atoms with Crippen LogP contribution in [0.5, 0.6) is 0 Å². The molecule has 0 aromatic heterocycles. The minimum Gasteiger partial charge on any atom is -0.481 e. The molecular formula is C17H23NO7. The summed E-state index contributed by atoms with van der Waals surface area (Å²) in [5, 5.41) is 19.2. The molecule has 0 saturated carbocycles. The summed E-state index contributed by atoms with van der Waals surface area (Å²) in [5.41, 5.74) is -0.109. The highest BCUT2D eigenvalue weighted by atomic mass is 16.8. The number of hydrogen-bond acceptors (Lipinski definition) is 6. The van der Waals surface area contributed by atoms with Gasteiger partial charge in [-0.2, -0.15) is 0 Å². The summed E-state index contributed by atoms with van der Waals surface area (Å²) in [7, 11) is 0. The summed E-state index contributed by atoms with van der Waals surface area (Å²) in [6, 6.07) is 7.47. The molecule has 1 atom stereocenters. The number of carbonyl (C=O) groups excluding carboxylic acids is 1. The van der Waals surface area contributed by atoms with Gasteiger partial charge in [-0.1, -0.05) is 30.3 Å². The molecule has 0 aliphatic rings. The molecule has 0 fully saturated rings. The molecule has 0 spiro atoms. The zero-order valence-corrected chi connectivity index (χ0v) is 14.5. The molecule has 0 aliphatic heterocycles. The van der Waals surface area contributed by atoms with Crippen LogP contribution >= 0.6 is 0 Å². The number of hydroxylamine groups is 2. The van der Waals surface area contributed by atoms with E-state index in [2.05, 4.69) is 0 Å². The number of carboxylic acids is 2. The Hall–Kier alpha value is -2.61. The molecular weight excluding hydrogens is 330 g/mol. The molecule has 8 heteroatoms. The highest BCUT2D eigenvalue weighted by Crippen LogP contribution is 2.16. The fourth-order valence-corrected chi connectivity index (χ4v) is 1.98. The third kappa shape index (κ3) is 8.16. The number of nitrogens with zero attached hydrogens (tertiary/aromatic N) is 1. The molecule has 2 N–H and O–H groups in total. The van der Waals surface area contributed by atoms with Crippen LogP contribution in [0.3, 0.4) is 0 Å². The van der Waals surface area contributed by atoms with Gasteiger partial charge in [0.15, 0.2) is 0 Å². The lowest BCUT2D eigenvalue weighted by molar-refractivity contribution is -0.189. The number of carboxylic acid groups (broad SMARTS) is 2. The predicted molar refractivity (Wildman–Crippen MR) is 87.6 cm³/mol. The summed E-state index contributed by atoms with van der Waals surface area (Å²) < 4.78 is 5.05. The molecule has 0 saturated heterocycles. The van der Waals surface area contributed by atoms with Crippen molar-refractivity contribution in [3.8, 4) is 0 Å². The Labute approximate surface area is 145 Å². The lowest BCUT2D eigenvalue weighted by Crippen LogP contribution is -2.43. The maximum Gasteiger partial charge on any atom is 0.528 e. The van der Waals surface area contributed by atoms with Gasteiger partial charge < -0.3 is 19.8 Å². The highest BCUT2D eigenvalue weighted by molar-refractivity contribution is 5.75. The van der Waals surface area contributed by atoms with Crippen LogP contribution in [0.4, 0.5) is 4.79 Å². The summed E-state index contributed by atoms with van der Waals surface area (Å²) in [6.07, 6.45) is -1.65. The van der Waals surface area contributed by atoms with Crippen molar-refractivity contribution < 1.29 is 34.2 Å². The van der Waals surface area contributed by atoms with Gasteiger partial charge in [0, 0.05) is 6.42 Å². The molecule has 25 heavy (non-hydrogen) atoms. The van der Waals surface area contributed by atoms with Gasteiger partial charge in [0.05, 0.1) is 6.54 Å². The zero-order chi connectivity index (χ0) is 19.0. The van der Waals surface area contributed by atoms with E-state index >= 15 is 0 Å². The average molecular weight is 353 g/mol. The van der Waals surface area contributed by atoms with Crippen LogP contribution in [0, 0.1) is 0 Å². The van der Waals surface area contributed by atoms with Crippen LogP contribution in [0.15, 0.2) is 30.3 Å². The lowest BCUT2D eigenvalue weighted by atomic mass is 10.1. The Balaban J connectivity index is 2.96. The van der Waals surface area contributed by atoms with E-state index in [9.17, 15) is 19.5 Å². The molecule has 0 bridgehead atoms. The normalized spacial score (nSPS) is 12.5. The summed E-state index contributed by atoms with van der Waals surface area (Å²) in [5.74, 6) is -2.43. The smallest absolute Gasteiger partial charge is 0.481 e. The van der Waals surface area contributed by atoms with Gasteiger partial charge in [-0.25, -0.2) is 4.79 Å². The van der Waals surface area contributed by atoms with Crippen molar-refractivity contribution in [3.05, 3.63) is 35.9 Å². The van der Waals surface area contributed by atoms with E-state index in [4.69, 9.17) is 14.7 Å². The topological polar surface area (TPSA) is 113 Å². The molecule has 0 aliphatic carbocycles. The van der Waals surface area contributed by atoms with Crippen LogP contribution in [0.25, 0.3) is 0 Å². The van der Waals surface area contributed by atoms with Gasteiger partial charge in [-0.05, 0) is 32.8 Å². The van der Waals surface area contributed by atoms with Crippen LogP contribution in [0.2, 0.25) is 0 Å². The molecule has 1 rings (SSSR count). The summed E-state index contributed by atoms with van der Waals surface area (Å²) >= 11 is 0. The number of ether oxygens (including phenoxy) is 1. The quantitative estimate of drug-likeness (QED) is 0.542. The van der Waals surface area contributed by atoms with Gasteiger partial charge in [-0.15, -0.1) is 5.06 Å². The molecule has 138 valence electrons. The Morgan fingerprint density at radius 2 is 1.72 bits per heavy atom. The van der Waals surface area contributed by atoms with E-state index in [-0.39, 0.29) is 19.4 Å². The number of hydrogen-bond donors (Lipinski definition) is 2. The second kappa shape index (κ2) is 9.03. The maximum atomic E-state index is 11.9. The molecule has 1 aromatic carbocycles. The van der Waals surface area contributed by atoms with E-state index < -0.39 is 29.7 Å². The first-order valence-corrected chi connectivity index (χ1v) is 7.74. The predicted octanol–water partition coefficient (Wildman–Crippen LogP) is 2.67. The van der Waals surface area contributed by atoms with Gasteiger partial charge in [0.2, 0.25) is 0 Å². The highest BCUT2D eigenvalue weighted by Gasteiger charge is 2.31. The average Bonchev–Trinajstić information content (AvgIpc) is 2.45. The van der Waals surface area contributed by atoms with Crippen LogP contribution in [-0.2, 0) is 25.7 Å². The van der Waals surface area contributed by atoms with Crippen LogP contribution < -0.4 is 0 Å². The Kier molecular flexibility index (Phi) is 7.38. The standard InChI is InChI=1S/C17H23NO7/c1-17(2,3)24-16(23)25-18(11-12-7-5-4-6-8-12)13(15(21)22)9-10-14(19)20/h4-8,13H,9-11H2,1-3H3,(H,19,20)(H,21,22)/t13-/m0/s1. The van der Waals surface area contributed by atoms with E-state index in [1.165, 1.54) is 0 Å². The van der Waals surface area contributed by atoms with Crippen molar-refractivity contribution in [1.82, 2.24) is 5.06 Å². The van der Waals surface area contributed by atoms with Crippen molar-refractivity contribution in [2.75, 3.05) is 0 Å². The molecule has 0 radical (unpaired) electrons. The third-order valence-electron chi connectivity index (χ3n) is 3.03. The Bertz CT molecular complexity index is 595. The largest absolute Gasteiger partial charge is 0.528 e. The summed E-state index contributed by atoms with van der Waals surface area (Å²) in [6.45, 7) is 4.93. The number of benzene rings is 1. The van der Waals surface area contributed by atoms with Gasteiger partial charge in [0.25, 0.3) is 0 Å². The molecule has 1 aromatic rings. The van der Waals surface area contributed by atoms with E-state index in [1.54, 1.807) is 51.1 Å². The molecule has 8 nitrogen and oxygen atoms in total. The van der Waals surface area contributed by atoms with E-state index in [0.29, 0.717) is 5.56 Å². The number of carbonyl (C=O) groups is 3. The number of aliphatic carboxylic acids is 2. The number of rotatable bonds is 8. The Morgan fingerprint density at radius 1 is 1.12 bits per heavy atom. The van der Waals surface area contributed by atoms with Crippen LogP contribution in [-0.4, -0.2) is 45.0 Å². The minimum absolute atomic E-state index is 0.0172. The van der Waals surface area contributed by atoms with Crippen molar-refractivity contribution in [3.63, 3.8) is 0 Å². The summed E-state index contributed by atoms with van der Waals surface area (Å²) in [4.78, 5) is 39.3. The van der Waals surface area contributed by atoms with Gasteiger partial charge >= 0.3 is 18.1 Å². The molecule has 0 heterocycles. The second-order valence-electron chi connectivity index (χ2n) is 6.40. The first-order chi connectivity index (χ1) is 11.6. The van der Waals surface area contributed by atoms with E-state index in [1.807, 2.05) is 0 Å². The monoisotopic (exact) mass is 353 g/mol. The zero-order valence-electron chi connectivity index (χ0n) is 14.5. The third-order valence-corrected chi connectivity index (χ3v) is 3.03. The molecule has 0 unspecified atom stereocenters. The van der Waals surface area contributed by atoms with E-state index in [0.717, 1.165) is 5.06 Å². The fraction of sp³-hybridized carbons (Fsp3) is 0.471. The second-order valence-corrected chi connectivity index (χ2v) is 6.40. The van der Waals surface area contributed by atoms with Crippen molar-refractivity contribution in [1.29, 1.82) is 0 Å². The maximum absolute atomic E-state index is 11.9. The van der Waals surface area contributed by atoms with Crippen molar-refractivity contribution >= 4 is 18.1 Å². The van der Waals surface area contributed by atoms with Gasteiger partial charge in [0.1, 0.15) is 11.6 Å². The first-order valence-electron chi connectivity index (χ1n) is 7.74. The molecule has 0 amide bonds. The van der Waals surface area contributed by atoms with Gasteiger partial charge in [-0.3, -0.25) is 9.59 Å². The van der Waals surface area contributed by atoms with Crippen molar-refractivity contribution in [2.24, 2.45) is 0 Å². The SMILES string of the molecule is CC(C)(C)OC(=O)ON(Cc1ccccc1)[C@@H](CCC(=O)O)C(=O)O. The van der Waals surface area contributed by atoms with Crippen LogP contribution in [0.1, 0.15) is 39.2 Å². The Morgan fingerprint density at radius 3 is 2.20 bits per heavy atom. The lowest BCUT2D eigenvalue weighted by Gasteiger charge is -2.28.